The first kappa shape index (κ1) is 13.1. The molecule has 1 aromatic heterocycles. The van der Waals surface area contributed by atoms with Gasteiger partial charge in [0.05, 0.1) is 5.60 Å². The average molecular weight is 253 g/mol. The molecule has 1 atom stereocenters. The van der Waals surface area contributed by atoms with Crippen molar-refractivity contribution in [2.75, 3.05) is 13.6 Å². The van der Waals surface area contributed by atoms with Gasteiger partial charge in [-0.3, -0.25) is 0 Å². The van der Waals surface area contributed by atoms with E-state index in [0.717, 1.165) is 25.8 Å². The molecule has 1 aliphatic carbocycles. The smallest absolute Gasteiger partial charge is 0.0774 e. The Kier molecular flexibility index (Phi) is 4.23. The van der Waals surface area contributed by atoms with Crippen molar-refractivity contribution in [1.29, 1.82) is 0 Å². The van der Waals surface area contributed by atoms with E-state index < -0.39 is 5.60 Å². The summed E-state index contributed by atoms with van der Waals surface area (Å²) in [4.78, 5) is 3.74. The molecule has 2 rings (SSSR count). The maximum atomic E-state index is 10.4. The third-order valence-corrected chi connectivity index (χ3v) is 4.81. The van der Waals surface area contributed by atoms with Crippen LogP contribution in [0.4, 0.5) is 0 Å². The quantitative estimate of drug-likeness (QED) is 0.872. The van der Waals surface area contributed by atoms with Crippen LogP contribution in [0.5, 0.6) is 0 Å². The predicted molar refractivity (Wildman–Crippen MR) is 73.5 cm³/mol. The first-order chi connectivity index (χ1) is 8.09. The van der Waals surface area contributed by atoms with Gasteiger partial charge in [-0.2, -0.15) is 0 Å². The Bertz CT molecular complexity index is 330. The van der Waals surface area contributed by atoms with Gasteiger partial charge >= 0.3 is 0 Å². The number of nitrogens with zero attached hydrogens (tertiary/aromatic N) is 1. The highest BCUT2D eigenvalue weighted by atomic mass is 32.1. The highest BCUT2D eigenvalue weighted by Gasteiger charge is 2.33. The molecule has 0 aromatic carbocycles. The van der Waals surface area contributed by atoms with Gasteiger partial charge in [-0.25, -0.2) is 0 Å². The Balaban J connectivity index is 1.84. The minimum absolute atomic E-state index is 0.418. The second kappa shape index (κ2) is 5.51. The molecule has 2 nitrogen and oxygen atoms in total. The molecule has 0 aliphatic heterocycles. The van der Waals surface area contributed by atoms with E-state index in [0.29, 0.717) is 6.04 Å². The van der Waals surface area contributed by atoms with E-state index >= 15 is 0 Å². The van der Waals surface area contributed by atoms with E-state index in [9.17, 15) is 5.11 Å². The van der Waals surface area contributed by atoms with E-state index in [1.54, 1.807) is 0 Å². The molecule has 96 valence electrons. The van der Waals surface area contributed by atoms with Gasteiger partial charge in [0.15, 0.2) is 0 Å². The van der Waals surface area contributed by atoms with Gasteiger partial charge < -0.3 is 10.0 Å². The summed E-state index contributed by atoms with van der Waals surface area (Å²) in [7, 11) is 2.13. The molecule has 0 saturated heterocycles. The summed E-state index contributed by atoms with van der Waals surface area (Å²) in [5, 5.41) is 12.5. The number of likely N-dealkylation sites (N-methyl/N-ethyl adjacent to an activating group) is 1. The summed E-state index contributed by atoms with van der Waals surface area (Å²) in [5.74, 6) is 0. The molecule has 1 fully saturated rings. The third-order valence-electron chi connectivity index (χ3n) is 3.91. The molecule has 1 heterocycles. The molecule has 1 aliphatic rings. The molecule has 1 N–H and O–H groups in total. The normalized spacial score (nSPS) is 20.9. The highest BCUT2D eigenvalue weighted by Crippen LogP contribution is 2.30. The van der Waals surface area contributed by atoms with Gasteiger partial charge in [0.1, 0.15) is 0 Å². The summed E-state index contributed by atoms with van der Waals surface area (Å²) >= 11 is 1.82. The zero-order valence-corrected chi connectivity index (χ0v) is 11.7. The van der Waals surface area contributed by atoms with Crippen molar-refractivity contribution < 1.29 is 5.11 Å². The Morgan fingerprint density at radius 1 is 1.47 bits per heavy atom. The molecule has 0 spiro atoms. The van der Waals surface area contributed by atoms with Crippen molar-refractivity contribution in [3.05, 3.63) is 22.4 Å². The fourth-order valence-electron chi connectivity index (χ4n) is 2.69. The lowest BCUT2D eigenvalue weighted by Crippen LogP contribution is -2.43. The SMILES string of the molecule is CC(Cc1cccs1)N(C)CC1(O)CCCC1. The zero-order valence-electron chi connectivity index (χ0n) is 10.9. The van der Waals surface area contributed by atoms with Crippen molar-refractivity contribution in [2.24, 2.45) is 0 Å². The van der Waals surface area contributed by atoms with Crippen molar-refractivity contribution in [3.8, 4) is 0 Å². The third kappa shape index (κ3) is 3.54. The zero-order chi connectivity index (χ0) is 12.3. The van der Waals surface area contributed by atoms with Crippen LogP contribution in [0, 0.1) is 0 Å². The fraction of sp³-hybridized carbons (Fsp3) is 0.714. The van der Waals surface area contributed by atoms with Gasteiger partial charge in [0.2, 0.25) is 0 Å². The van der Waals surface area contributed by atoms with Gasteiger partial charge in [-0.05, 0) is 44.7 Å². The summed E-state index contributed by atoms with van der Waals surface area (Å²) < 4.78 is 0. The lowest BCUT2D eigenvalue weighted by molar-refractivity contribution is 0.00732. The minimum Gasteiger partial charge on any atom is -0.389 e. The fourth-order valence-corrected chi connectivity index (χ4v) is 3.51. The monoisotopic (exact) mass is 253 g/mol. The summed E-state index contributed by atoms with van der Waals surface area (Å²) in [5.41, 5.74) is -0.418. The molecule has 0 amide bonds. The predicted octanol–water partition coefficient (Wildman–Crippen LogP) is 2.92. The maximum Gasteiger partial charge on any atom is 0.0774 e. The van der Waals surface area contributed by atoms with Gasteiger partial charge in [-0.15, -0.1) is 11.3 Å². The van der Waals surface area contributed by atoms with Gasteiger partial charge in [0.25, 0.3) is 0 Å². The highest BCUT2D eigenvalue weighted by molar-refractivity contribution is 7.09. The molecule has 1 aromatic rings. The van der Waals surface area contributed by atoms with Crippen LogP contribution in [-0.4, -0.2) is 35.2 Å². The van der Waals surface area contributed by atoms with E-state index in [-0.39, 0.29) is 0 Å². The first-order valence-corrected chi connectivity index (χ1v) is 7.42. The van der Waals surface area contributed by atoms with E-state index in [1.807, 2.05) is 11.3 Å². The Morgan fingerprint density at radius 2 is 2.18 bits per heavy atom. The van der Waals surface area contributed by atoms with Crippen LogP contribution in [0.2, 0.25) is 0 Å². The van der Waals surface area contributed by atoms with Crippen LogP contribution < -0.4 is 0 Å². The Hall–Kier alpha value is -0.380. The second-order valence-electron chi connectivity index (χ2n) is 5.48. The molecule has 1 unspecified atom stereocenters. The summed E-state index contributed by atoms with van der Waals surface area (Å²) in [6.45, 7) is 3.07. The lowest BCUT2D eigenvalue weighted by Gasteiger charge is -2.32. The van der Waals surface area contributed by atoms with Crippen molar-refractivity contribution >= 4 is 11.3 Å². The van der Waals surface area contributed by atoms with Gasteiger partial charge in [-0.1, -0.05) is 18.9 Å². The molecule has 3 heteroatoms. The Labute approximate surface area is 108 Å². The molecule has 0 radical (unpaired) electrons. The van der Waals surface area contributed by atoms with E-state index in [1.165, 1.54) is 17.7 Å². The summed E-state index contributed by atoms with van der Waals surface area (Å²) in [6.07, 6.45) is 5.41. The number of hydrogen-bond acceptors (Lipinski definition) is 3. The van der Waals surface area contributed by atoms with Crippen molar-refractivity contribution in [3.63, 3.8) is 0 Å². The first-order valence-electron chi connectivity index (χ1n) is 6.54. The van der Waals surface area contributed by atoms with Crippen molar-refractivity contribution in [1.82, 2.24) is 4.90 Å². The second-order valence-corrected chi connectivity index (χ2v) is 6.51. The molecular weight excluding hydrogens is 230 g/mol. The van der Waals surface area contributed by atoms with Crippen LogP contribution in [-0.2, 0) is 6.42 Å². The van der Waals surface area contributed by atoms with Crippen LogP contribution in [0.25, 0.3) is 0 Å². The van der Waals surface area contributed by atoms with Crippen LogP contribution in [0.1, 0.15) is 37.5 Å². The minimum atomic E-state index is -0.418. The number of rotatable bonds is 5. The standard InChI is InChI=1S/C14H23NOS/c1-12(10-13-6-5-9-17-13)15(2)11-14(16)7-3-4-8-14/h5-6,9,12,16H,3-4,7-8,10-11H2,1-2H3. The van der Waals surface area contributed by atoms with E-state index in [2.05, 4.69) is 36.4 Å². The van der Waals surface area contributed by atoms with Crippen LogP contribution in [0.3, 0.4) is 0 Å². The number of hydrogen-bond donors (Lipinski definition) is 1. The Morgan fingerprint density at radius 3 is 2.76 bits per heavy atom. The average Bonchev–Trinajstić information content (AvgIpc) is 2.90. The lowest BCUT2D eigenvalue weighted by atomic mass is 10.0. The van der Waals surface area contributed by atoms with Gasteiger partial charge in [0, 0.05) is 17.5 Å². The maximum absolute atomic E-state index is 10.4. The molecule has 1 saturated carbocycles. The van der Waals surface area contributed by atoms with Crippen molar-refractivity contribution in [2.45, 2.75) is 50.7 Å². The molecular formula is C14H23NOS. The van der Waals surface area contributed by atoms with E-state index in [4.69, 9.17) is 0 Å². The topological polar surface area (TPSA) is 23.5 Å². The number of thiophene rings is 1. The molecule has 17 heavy (non-hydrogen) atoms. The number of aliphatic hydroxyl groups is 1. The largest absolute Gasteiger partial charge is 0.389 e. The summed E-state index contributed by atoms with van der Waals surface area (Å²) in [6, 6.07) is 4.80. The van der Waals surface area contributed by atoms with Crippen LogP contribution in [0.15, 0.2) is 17.5 Å². The van der Waals surface area contributed by atoms with Crippen LogP contribution >= 0.6 is 11.3 Å². The molecule has 0 bridgehead atoms.